The van der Waals surface area contributed by atoms with Crippen molar-refractivity contribution >= 4 is 33.5 Å². The van der Waals surface area contributed by atoms with Gasteiger partial charge >= 0.3 is 5.97 Å². The van der Waals surface area contributed by atoms with Crippen LogP contribution < -0.4 is 10.5 Å². The summed E-state index contributed by atoms with van der Waals surface area (Å²) in [6.07, 6.45) is 0.147. The molecule has 0 aliphatic carbocycles. The van der Waals surface area contributed by atoms with Crippen LogP contribution in [0.5, 0.6) is 0 Å². The number of amides is 1. The molecule has 1 amide bonds. The molecule has 1 aromatic carbocycles. The number of hydrogen-bond donors (Lipinski definition) is 3. The van der Waals surface area contributed by atoms with Gasteiger partial charge in [-0.1, -0.05) is 11.6 Å². The van der Waals surface area contributed by atoms with E-state index in [1.807, 2.05) is 0 Å². The molecular weight excluding hydrogens is 327 g/mol. The zero-order valence-electron chi connectivity index (χ0n) is 10.6. The zero-order valence-corrected chi connectivity index (χ0v) is 12.2. The third-order valence-electron chi connectivity index (χ3n) is 2.43. The van der Waals surface area contributed by atoms with E-state index in [0.717, 1.165) is 6.07 Å². The number of carboxylic acid groups (broad SMARTS) is 1. The number of carbonyl (C=O) groups is 2. The van der Waals surface area contributed by atoms with Crippen LogP contribution in [0, 0.1) is 5.82 Å². The van der Waals surface area contributed by atoms with Crippen LogP contribution >= 0.6 is 11.6 Å². The van der Waals surface area contributed by atoms with E-state index in [2.05, 4.69) is 4.72 Å². The SMILES string of the molecule is NC(=O)CCCNS(=O)(=O)c1cc(F)c(Cl)c(C(=O)O)c1. The highest BCUT2D eigenvalue weighted by Gasteiger charge is 2.21. The van der Waals surface area contributed by atoms with E-state index in [1.165, 1.54) is 0 Å². The number of halogens is 2. The number of nitrogens with one attached hydrogen (secondary N) is 1. The van der Waals surface area contributed by atoms with Gasteiger partial charge in [-0.3, -0.25) is 4.79 Å². The molecule has 0 radical (unpaired) electrons. The minimum absolute atomic E-state index is 0.0160. The Labute approximate surface area is 124 Å². The summed E-state index contributed by atoms with van der Waals surface area (Å²) in [5.74, 6) is -3.29. The number of hydrogen-bond acceptors (Lipinski definition) is 4. The first kappa shape index (κ1) is 17.3. The van der Waals surface area contributed by atoms with Crippen LogP contribution in [-0.4, -0.2) is 31.9 Å². The van der Waals surface area contributed by atoms with Gasteiger partial charge in [0.15, 0.2) is 0 Å². The van der Waals surface area contributed by atoms with Crippen molar-refractivity contribution < 1.29 is 27.5 Å². The molecule has 4 N–H and O–H groups in total. The second-order valence-corrected chi connectivity index (χ2v) is 6.18. The molecule has 1 rings (SSSR count). The molecule has 0 bridgehead atoms. The van der Waals surface area contributed by atoms with Gasteiger partial charge in [0.2, 0.25) is 15.9 Å². The monoisotopic (exact) mass is 338 g/mol. The maximum Gasteiger partial charge on any atom is 0.337 e. The first-order valence-corrected chi connectivity index (χ1v) is 7.51. The average Bonchev–Trinajstić information content (AvgIpc) is 2.37. The Bertz CT molecular complexity index is 677. The molecule has 1 aromatic rings. The van der Waals surface area contributed by atoms with Gasteiger partial charge in [-0.25, -0.2) is 22.3 Å². The van der Waals surface area contributed by atoms with Gasteiger partial charge in [0, 0.05) is 13.0 Å². The highest BCUT2D eigenvalue weighted by molar-refractivity contribution is 7.89. The maximum atomic E-state index is 13.5. The van der Waals surface area contributed by atoms with E-state index >= 15 is 0 Å². The summed E-state index contributed by atoms with van der Waals surface area (Å²) < 4.78 is 39.4. The van der Waals surface area contributed by atoms with E-state index < -0.39 is 43.2 Å². The number of carbonyl (C=O) groups excluding carboxylic acids is 1. The lowest BCUT2D eigenvalue weighted by molar-refractivity contribution is -0.118. The molecular formula is C11H12ClFN2O5S. The number of primary amides is 1. The molecule has 116 valence electrons. The zero-order chi connectivity index (χ0) is 16.2. The fourth-order valence-electron chi connectivity index (χ4n) is 1.43. The van der Waals surface area contributed by atoms with Crippen LogP contribution in [0.15, 0.2) is 17.0 Å². The molecule has 0 atom stereocenters. The van der Waals surface area contributed by atoms with Crippen molar-refractivity contribution in [3.05, 3.63) is 28.5 Å². The molecule has 21 heavy (non-hydrogen) atoms. The molecule has 0 fully saturated rings. The number of carboxylic acids is 1. The van der Waals surface area contributed by atoms with Crippen molar-refractivity contribution in [1.82, 2.24) is 4.72 Å². The third-order valence-corrected chi connectivity index (χ3v) is 4.26. The Balaban J connectivity index is 2.98. The summed E-state index contributed by atoms with van der Waals surface area (Å²) in [6.45, 7) is -0.0993. The standard InChI is InChI=1S/C11H12ClFN2O5S/c12-10-7(11(17)18)4-6(5-8(10)13)21(19,20)15-3-1-2-9(14)16/h4-5,15H,1-3H2,(H2,14,16)(H,17,18). The van der Waals surface area contributed by atoms with Gasteiger partial charge in [0.05, 0.1) is 15.5 Å². The normalized spacial score (nSPS) is 11.3. The van der Waals surface area contributed by atoms with Gasteiger partial charge in [-0.05, 0) is 18.6 Å². The maximum absolute atomic E-state index is 13.5. The third kappa shape index (κ3) is 4.66. The fourth-order valence-corrected chi connectivity index (χ4v) is 2.73. The minimum Gasteiger partial charge on any atom is -0.478 e. The van der Waals surface area contributed by atoms with Crippen LogP contribution in [0.2, 0.25) is 5.02 Å². The quantitative estimate of drug-likeness (QED) is 0.631. The number of benzene rings is 1. The number of aromatic carboxylic acids is 1. The Morgan fingerprint density at radius 1 is 1.38 bits per heavy atom. The van der Waals surface area contributed by atoms with Crippen molar-refractivity contribution in [2.24, 2.45) is 5.73 Å². The van der Waals surface area contributed by atoms with Crippen molar-refractivity contribution in [3.63, 3.8) is 0 Å². The predicted octanol–water partition coefficient (Wildman–Crippen LogP) is 0.721. The van der Waals surface area contributed by atoms with Gasteiger partial charge in [0.1, 0.15) is 5.82 Å². The minimum atomic E-state index is -4.12. The smallest absolute Gasteiger partial charge is 0.337 e. The fraction of sp³-hybridized carbons (Fsp3) is 0.273. The highest BCUT2D eigenvalue weighted by Crippen LogP contribution is 2.24. The summed E-state index contributed by atoms with van der Waals surface area (Å²) in [7, 11) is -4.12. The average molecular weight is 339 g/mol. The number of rotatable bonds is 7. The van der Waals surface area contributed by atoms with Crippen molar-refractivity contribution in [2.45, 2.75) is 17.7 Å². The molecule has 0 saturated carbocycles. The Morgan fingerprint density at radius 3 is 2.52 bits per heavy atom. The molecule has 0 unspecified atom stereocenters. The molecule has 7 nitrogen and oxygen atoms in total. The van der Waals surface area contributed by atoms with Gasteiger partial charge in [-0.15, -0.1) is 0 Å². The summed E-state index contributed by atoms with van der Waals surface area (Å²) in [5, 5.41) is 8.17. The topological polar surface area (TPSA) is 127 Å². The second kappa shape index (κ2) is 6.83. The Kier molecular flexibility index (Phi) is 5.64. The van der Waals surface area contributed by atoms with Crippen molar-refractivity contribution in [2.75, 3.05) is 6.54 Å². The van der Waals surface area contributed by atoms with E-state index in [9.17, 15) is 22.4 Å². The molecule has 10 heteroatoms. The lowest BCUT2D eigenvalue weighted by atomic mass is 10.2. The summed E-state index contributed by atoms with van der Waals surface area (Å²) in [4.78, 5) is 20.8. The van der Waals surface area contributed by atoms with E-state index in [0.29, 0.717) is 6.07 Å². The van der Waals surface area contributed by atoms with Gasteiger partial charge in [0.25, 0.3) is 0 Å². The summed E-state index contributed by atoms with van der Waals surface area (Å²) in [5.41, 5.74) is 4.24. The molecule has 0 aromatic heterocycles. The number of nitrogens with two attached hydrogens (primary N) is 1. The first-order valence-electron chi connectivity index (χ1n) is 5.65. The van der Waals surface area contributed by atoms with Gasteiger partial charge < -0.3 is 10.8 Å². The Morgan fingerprint density at radius 2 is 2.00 bits per heavy atom. The number of sulfonamides is 1. The van der Waals surface area contributed by atoms with Crippen LogP contribution in [0.1, 0.15) is 23.2 Å². The highest BCUT2D eigenvalue weighted by atomic mass is 35.5. The van der Waals surface area contributed by atoms with Crippen LogP contribution in [0.25, 0.3) is 0 Å². The van der Waals surface area contributed by atoms with E-state index in [-0.39, 0.29) is 19.4 Å². The predicted molar refractivity (Wildman–Crippen MR) is 72.0 cm³/mol. The lowest BCUT2D eigenvalue weighted by Gasteiger charge is -2.08. The van der Waals surface area contributed by atoms with E-state index in [1.54, 1.807) is 0 Å². The molecule has 0 saturated heterocycles. The largest absolute Gasteiger partial charge is 0.478 e. The summed E-state index contributed by atoms with van der Waals surface area (Å²) in [6, 6.07) is 1.37. The molecule has 0 aliphatic rings. The van der Waals surface area contributed by atoms with Crippen LogP contribution in [-0.2, 0) is 14.8 Å². The Hall–Kier alpha value is -1.71. The molecule has 0 aliphatic heterocycles. The van der Waals surface area contributed by atoms with E-state index in [4.69, 9.17) is 22.4 Å². The second-order valence-electron chi connectivity index (χ2n) is 4.04. The van der Waals surface area contributed by atoms with Crippen molar-refractivity contribution in [1.29, 1.82) is 0 Å². The van der Waals surface area contributed by atoms with Crippen LogP contribution in [0.3, 0.4) is 0 Å². The molecule has 0 heterocycles. The van der Waals surface area contributed by atoms with Crippen molar-refractivity contribution in [3.8, 4) is 0 Å². The molecule has 0 spiro atoms. The van der Waals surface area contributed by atoms with Crippen LogP contribution in [0.4, 0.5) is 4.39 Å². The van der Waals surface area contributed by atoms with Gasteiger partial charge in [-0.2, -0.15) is 0 Å². The first-order chi connectivity index (χ1) is 9.65. The summed E-state index contributed by atoms with van der Waals surface area (Å²) >= 11 is 5.45. The lowest BCUT2D eigenvalue weighted by Crippen LogP contribution is -2.26.